The van der Waals surface area contributed by atoms with Gasteiger partial charge in [0, 0.05) is 12.6 Å². The number of hydrogen-bond acceptors (Lipinski definition) is 2. The number of hydrogen-bond donors (Lipinski definition) is 1. The van der Waals surface area contributed by atoms with Gasteiger partial charge in [0.05, 0.1) is 12.8 Å². The van der Waals surface area contributed by atoms with Gasteiger partial charge in [0.25, 0.3) is 0 Å². The molecule has 0 aliphatic heterocycles. The lowest BCUT2D eigenvalue weighted by molar-refractivity contribution is 0.283. The Morgan fingerprint density at radius 2 is 2.56 bits per heavy atom. The Bertz CT molecular complexity index is 209. The van der Waals surface area contributed by atoms with Crippen LogP contribution in [0.1, 0.15) is 5.56 Å². The largest absolute Gasteiger partial charge is 0.392 e. The summed E-state index contributed by atoms with van der Waals surface area (Å²) in [6, 6.07) is 0. The van der Waals surface area contributed by atoms with Gasteiger partial charge in [0.2, 0.25) is 0 Å². The van der Waals surface area contributed by atoms with Gasteiger partial charge in [-0.25, -0.2) is 0 Å². The standard InChI is InChI=1S/C5H7BN2O/c1-8-5(6)4(3-9)2-7-8/h2,9H,3H2,1H3. The van der Waals surface area contributed by atoms with Gasteiger partial charge in [-0.3, -0.25) is 4.68 Å². The fourth-order valence-corrected chi connectivity index (χ4v) is 0.614. The molecule has 2 radical (unpaired) electrons. The van der Waals surface area contributed by atoms with Crippen molar-refractivity contribution in [3.05, 3.63) is 11.8 Å². The van der Waals surface area contributed by atoms with Crippen LogP contribution in [0.25, 0.3) is 0 Å². The molecule has 3 nitrogen and oxygen atoms in total. The van der Waals surface area contributed by atoms with Crippen LogP contribution in [-0.4, -0.2) is 22.7 Å². The van der Waals surface area contributed by atoms with Crippen LogP contribution in [0.3, 0.4) is 0 Å². The molecule has 0 aliphatic carbocycles. The third-order valence-corrected chi connectivity index (χ3v) is 1.23. The Balaban J connectivity index is 3.04. The molecule has 46 valence electrons. The average molecular weight is 122 g/mol. The third-order valence-electron chi connectivity index (χ3n) is 1.23. The molecule has 0 saturated heterocycles. The van der Waals surface area contributed by atoms with E-state index in [2.05, 4.69) is 5.10 Å². The molecule has 0 aromatic carbocycles. The van der Waals surface area contributed by atoms with Crippen LogP contribution < -0.4 is 5.59 Å². The van der Waals surface area contributed by atoms with Crippen molar-refractivity contribution in [3.8, 4) is 0 Å². The van der Waals surface area contributed by atoms with Gasteiger partial charge in [0.1, 0.15) is 7.85 Å². The fourth-order valence-electron chi connectivity index (χ4n) is 0.614. The fraction of sp³-hybridized carbons (Fsp3) is 0.400. The van der Waals surface area contributed by atoms with E-state index in [9.17, 15) is 0 Å². The summed E-state index contributed by atoms with van der Waals surface area (Å²) in [4.78, 5) is 0. The molecule has 1 N–H and O–H groups in total. The van der Waals surface area contributed by atoms with E-state index in [4.69, 9.17) is 13.0 Å². The molecule has 1 aromatic rings. The van der Waals surface area contributed by atoms with Gasteiger partial charge in [-0.2, -0.15) is 5.10 Å². The Morgan fingerprint density at radius 3 is 2.78 bits per heavy atom. The third kappa shape index (κ3) is 0.978. The highest BCUT2D eigenvalue weighted by Gasteiger charge is 1.98. The maximum Gasteiger partial charge on any atom is 0.141 e. The zero-order valence-corrected chi connectivity index (χ0v) is 5.20. The number of aromatic nitrogens is 2. The first kappa shape index (κ1) is 6.36. The second-order valence-corrected chi connectivity index (χ2v) is 1.84. The number of aliphatic hydroxyl groups excluding tert-OH is 1. The van der Waals surface area contributed by atoms with Crippen LogP contribution in [0.4, 0.5) is 0 Å². The molecule has 0 atom stereocenters. The Labute approximate surface area is 54.7 Å². The van der Waals surface area contributed by atoms with Gasteiger partial charge in [-0.05, 0) is 5.59 Å². The molecule has 1 heterocycles. The smallest absolute Gasteiger partial charge is 0.141 e. The van der Waals surface area contributed by atoms with Crippen LogP contribution in [0.2, 0.25) is 0 Å². The van der Waals surface area contributed by atoms with Crippen molar-refractivity contribution in [2.24, 2.45) is 7.05 Å². The van der Waals surface area contributed by atoms with E-state index in [0.717, 1.165) is 0 Å². The molecule has 0 saturated carbocycles. The van der Waals surface area contributed by atoms with Gasteiger partial charge in [-0.15, -0.1) is 0 Å². The number of rotatable bonds is 1. The molecule has 0 bridgehead atoms. The highest BCUT2D eigenvalue weighted by atomic mass is 16.3. The molecule has 9 heavy (non-hydrogen) atoms. The van der Waals surface area contributed by atoms with Crippen molar-refractivity contribution < 1.29 is 5.11 Å². The second kappa shape index (κ2) is 2.23. The van der Waals surface area contributed by atoms with Crippen molar-refractivity contribution in [3.63, 3.8) is 0 Å². The van der Waals surface area contributed by atoms with Gasteiger partial charge >= 0.3 is 0 Å². The molecule has 0 unspecified atom stereocenters. The quantitative estimate of drug-likeness (QED) is 0.470. The topological polar surface area (TPSA) is 38.1 Å². The van der Waals surface area contributed by atoms with Crippen LogP contribution in [-0.2, 0) is 13.7 Å². The van der Waals surface area contributed by atoms with E-state index in [1.807, 2.05) is 0 Å². The second-order valence-electron chi connectivity index (χ2n) is 1.84. The Hall–Kier alpha value is -0.765. The summed E-state index contributed by atoms with van der Waals surface area (Å²) in [6.45, 7) is -0.0420. The lowest BCUT2D eigenvalue weighted by Gasteiger charge is -1.94. The van der Waals surface area contributed by atoms with Crippen LogP contribution in [0, 0.1) is 0 Å². The SMILES string of the molecule is [B]c1c(CO)cnn1C. The predicted octanol–water partition coefficient (Wildman–Crippen LogP) is -1.29. The maximum absolute atomic E-state index is 8.60. The summed E-state index contributed by atoms with van der Waals surface area (Å²) in [5.41, 5.74) is 1.20. The minimum atomic E-state index is -0.0420. The van der Waals surface area contributed by atoms with Crippen molar-refractivity contribution >= 4 is 13.4 Å². The summed E-state index contributed by atoms with van der Waals surface area (Å²) in [5, 5.41) is 12.4. The number of aliphatic hydroxyl groups is 1. The van der Waals surface area contributed by atoms with Crippen molar-refractivity contribution in [2.75, 3.05) is 0 Å². The summed E-state index contributed by atoms with van der Waals surface area (Å²) in [5.74, 6) is 0. The van der Waals surface area contributed by atoms with Crippen LogP contribution in [0.5, 0.6) is 0 Å². The van der Waals surface area contributed by atoms with E-state index in [-0.39, 0.29) is 6.61 Å². The van der Waals surface area contributed by atoms with Gasteiger partial charge in [-0.1, -0.05) is 0 Å². The number of aryl methyl sites for hydroxylation is 1. The lowest BCUT2D eigenvalue weighted by atomic mass is 10.0. The normalized spacial score (nSPS) is 10.0. The summed E-state index contributed by atoms with van der Waals surface area (Å²) >= 11 is 0. The first-order chi connectivity index (χ1) is 4.25. The molecule has 1 aromatic heterocycles. The van der Waals surface area contributed by atoms with E-state index in [1.165, 1.54) is 4.68 Å². The molecular formula is C5H7BN2O. The molecule has 1 rings (SSSR count). The minimum absolute atomic E-state index is 0.0420. The maximum atomic E-state index is 8.60. The summed E-state index contributed by atoms with van der Waals surface area (Å²) in [6.07, 6.45) is 1.55. The molecule has 0 fully saturated rings. The average Bonchev–Trinajstić information content (AvgIpc) is 2.15. The van der Waals surface area contributed by atoms with E-state index in [1.54, 1.807) is 13.2 Å². The zero-order chi connectivity index (χ0) is 6.85. The summed E-state index contributed by atoms with van der Waals surface area (Å²) < 4.78 is 1.52. The van der Waals surface area contributed by atoms with E-state index in [0.29, 0.717) is 11.2 Å². The predicted molar refractivity (Wildman–Crippen MR) is 34.5 cm³/mol. The number of nitrogens with zero attached hydrogens (tertiary/aromatic N) is 2. The summed E-state index contributed by atoms with van der Waals surface area (Å²) in [7, 11) is 7.18. The van der Waals surface area contributed by atoms with Gasteiger partial charge in [0.15, 0.2) is 0 Å². The molecular weight excluding hydrogens is 115 g/mol. The molecule has 0 aliphatic rings. The van der Waals surface area contributed by atoms with Crippen LogP contribution in [0.15, 0.2) is 6.20 Å². The van der Waals surface area contributed by atoms with E-state index < -0.39 is 0 Å². The van der Waals surface area contributed by atoms with Crippen molar-refractivity contribution in [1.82, 2.24) is 9.78 Å². The monoisotopic (exact) mass is 122 g/mol. The Kier molecular flexibility index (Phi) is 1.57. The highest BCUT2D eigenvalue weighted by molar-refractivity contribution is 6.31. The van der Waals surface area contributed by atoms with Crippen molar-refractivity contribution in [1.29, 1.82) is 0 Å². The van der Waals surface area contributed by atoms with Crippen molar-refractivity contribution in [2.45, 2.75) is 6.61 Å². The first-order valence-electron chi connectivity index (χ1n) is 2.63. The molecule has 4 heteroatoms. The van der Waals surface area contributed by atoms with Crippen LogP contribution >= 0.6 is 0 Å². The lowest BCUT2D eigenvalue weighted by Crippen LogP contribution is -2.17. The minimum Gasteiger partial charge on any atom is -0.392 e. The van der Waals surface area contributed by atoms with E-state index >= 15 is 0 Å². The highest BCUT2D eigenvalue weighted by Crippen LogP contribution is 1.88. The molecule has 0 spiro atoms. The van der Waals surface area contributed by atoms with Gasteiger partial charge < -0.3 is 5.11 Å². The Morgan fingerprint density at radius 1 is 1.89 bits per heavy atom. The first-order valence-corrected chi connectivity index (χ1v) is 2.63. The molecule has 0 amide bonds. The zero-order valence-electron chi connectivity index (χ0n) is 5.20.